The normalized spacial score (nSPS) is 14.4. The van der Waals surface area contributed by atoms with E-state index in [1.54, 1.807) is 7.11 Å². The van der Waals surface area contributed by atoms with Crippen LogP contribution in [-0.4, -0.2) is 20.3 Å². The summed E-state index contributed by atoms with van der Waals surface area (Å²) in [5, 5.41) is 4.47. The summed E-state index contributed by atoms with van der Waals surface area (Å²) in [5.74, 6) is 0.492. The molecule has 1 aromatic rings. The largest absolute Gasteiger partial charge is 0.385 e. The van der Waals surface area contributed by atoms with Crippen molar-refractivity contribution < 1.29 is 4.74 Å². The third-order valence-corrected chi connectivity index (χ3v) is 3.78. The Morgan fingerprint density at radius 3 is 2.68 bits per heavy atom. The van der Waals surface area contributed by atoms with Crippen molar-refractivity contribution in [2.45, 2.75) is 39.7 Å². The average Bonchev–Trinajstić information content (AvgIpc) is 2.38. The first-order chi connectivity index (χ1) is 9.10. The first kappa shape index (κ1) is 16.5. The van der Waals surface area contributed by atoms with E-state index >= 15 is 0 Å². The standard InChI is InChI=1S/C16H26ClNO/c1-5-9-18-16(13(3)8-10-19-4)14-7-6-12(2)11-15(14)17/h6-7,11,13,16,18H,5,8-10H2,1-4H3. The fourth-order valence-corrected chi connectivity index (χ4v) is 2.62. The lowest BCUT2D eigenvalue weighted by Crippen LogP contribution is -2.28. The molecule has 1 N–H and O–H groups in total. The van der Waals surface area contributed by atoms with Crippen LogP contribution in [0.15, 0.2) is 18.2 Å². The molecule has 0 radical (unpaired) electrons. The Bertz CT molecular complexity index is 381. The van der Waals surface area contributed by atoms with E-state index in [1.807, 2.05) is 6.07 Å². The second kappa shape index (κ2) is 8.57. The van der Waals surface area contributed by atoms with E-state index in [9.17, 15) is 0 Å². The van der Waals surface area contributed by atoms with Gasteiger partial charge in [0.15, 0.2) is 0 Å². The van der Waals surface area contributed by atoms with Crippen molar-refractivity contribution in [2.75, 3.05) is 20.3 Å². The van der Waals surface area contributed by atoms with E-state index in [0.29, 0.717) is 12.0 Å². The molecule has 0 amide bonds. The molecule has 2 atom stereocenters. The van der Waals surface area contributed by atoms with Crippen molar-refractivity contribution in [1.29, 1.82) is 0 Å². The molecule has 0 aliphatic heterocycles. The molecule has 0 spiro atoms. The molecule has 1 rings (SSSR count). The zero-order chi connectivity index (χ0) is 14.3. The van der Waals surface area contributed by atoms with Gasteiger partial charge < -0.3 is 10.1 Å². The number of ether oxygens (including phenoxy) is 1. The van der Waals surface area contributed by atoms with Gasteiger partial charge in [-0.25, -0.2) is 0 Å². The lowest BCUT2D eigenvalue weighted by molar-refractivity contribution is 0.170. The lowest BCUT2D eigenvalue weighted by atomic mass is 9.91. The number of rotatable bonds is 8. The molecular formula is C16H26ClNO. The molecule has 3 heteroatoms. The minimum Gasteiger partial charge on any atom is -0.385 e. The quantitative estimate of drug-likeness (QED) is 0.765. The zero-order valence-corrected chi connectivity index (χ0v) is 13.3. The molecule has 0 saturated heterocycles. The summed E-state index contributed by atoms with van der Waals surface area (Å²) in [5.41, 5.74) is 2.40. The maximum Gasteiger partial charge on any atom is 0.0465 e. The summed E-state index contributed by atoms with van der Waals surface area (Å²) in [7, 11) is 1.75. The average molecular weight is 284 g/mol. The number of benzene rings is 1. The summed E-state index contributed by atoms with van der Waals surface area (Å²) in [6.45, 7) is 8.29. The van der Waals surface area contributed by atoms with E-state index in [4.69, 9.17) is 16.3 Å². The number of methoxy groups -OCH3 is 1. The highest BCUT2D eigenvalue weighted by atomic mass is 35.5. The van der Waals surface area contributed by atoms with Gasteiger partial charge in [0.05, 0.1) is 0 Å². The molecular weight excluding hydrogens is 258 g/mol. The third-order valence-electron chi connectivity index (χ3n) is 3.45. The van der Waals surface area contributed by atoms with Crippen LogP contribution in [0.3, 0.4) is 0 Å². The molecule has 0 aliphatic carbocycles. The van der Waals surface area contributed by atoms with Gasteiger partial charge in [0.2, 0.25) is 0 Å². The smallest absolute Gasteiger partial charge is 0.0465 e. The predicted octanol–water partition coefficient (Wildman–Crippen LogP) is 4.36. The summed E-state index contributed by atoms with van der Waals surface area (Å²) >= 11 is 6.41. The molecule has 108 valence electrons. The highest BCUT2D eigenvalue weighted by Crippen LogP contribution is 2.30. The van der Waals surface area contributed by atoms with Crippen LogP contribution in [0.5, 0.6) is 0 Å². The summed E-state index contributed by atoms with van der Waals surface area (Å²) in [6.07, 6.45) is 2.15. The van der Waals surface area contributed by atoms with E-state index in [-0.39, 0.29) is 0 Å². The van der Waals surface area contributed by atoms with E-state index in [2.05, 4.69) is 38.2 Å². The summed E-state index contributed by atoms with van der Waals surface area (Å²) in [4.78, 5) is 0. The van der Waals surface area contributed by atoms with Gasteiger partial charge in [0.25, 0.3) is 0 Å². The van der Waals surface area contributed by atoms with E-state index in [1.165, 1.54) is 11.1 Å². The van der Waals surface area contributed by atoms with Gasteiger partial charge in [0, 0.05) is 24.8 Å². The van der Waals surface area contributed by atoms with Crippen LogP contribution in [0.25, 0.3) is 0 Å². The van der Waals surface area contributed by atoms with Crippen LogP contribution < -0.4 is 5.32 Å². The Kier molecular flexibility index (Phi) is 7.44. The molecule has 2 nitrogen and oxygen atoms in total. The molecule has 1 aromatic carbocycles. The Morgan fingerprint density at radius 1 is 1.37 bits per heavy atom. The highest BCUT2D eigenvalue weighted by molar-refractivity contribution is 6.31. The second-order valence-electron chi connectivity index (χ2n) is 5.22. The number of aryl methyl sites for hydroxylation is 1. The highest BCUT2D eigenvalue weighted by Gasteiger charge is 2.20. The zero-order valence-electron chi connectivity index (χ0n) is 12.5. The van der Waals surface area contributed by atoms with Crippen molar-refractivity contribution in [2.24, 2.45) is 5.92 Å². The second-order valence-corrected chi connectivity index (χ2v) is 5.62. The SMILES string of the molecule is CCCNC(c1ccc(C)cc1Cl)C(C)CCOC. The predicted molar refractivity (Wildman–Crippen MR) is 82.9 cm³/mol. The summed E-state index contributed by atoms with van der Waals surface area (Å²) in [6, 6.07) is 6.61. The molecule has 0 heterocycles. The Morgan fingerprint density at radius 2 is 2.11 bits per heavy atom. The van der Waals surface area contributed by atoms with Crippen LogP contribution in [-0.2, 0) is 4.74 Å². The molecule has 2 unspecified atom stereocenters. The van der Waals surface area contributed by atoms with Crippen molar-refractivity contribution in [3.63, 3.8) is 0 Å². The van der Waals surface area contributed by atoms with E-state index in [0.717, 1.165) is 31.0 Å². The maximum absolute atomic E-state index is 6.41. The molecule has 0 saturated carbocycles. The Balaban J connectivity index is 2.88. The molecule has 0 aromatic heterocycles. The monoisotopic (exact) mass is 283 g/mol. The number of halogens is 1. The number of nitrogens with one attached hydrogen (secondary N) is 1. The minimum absolute atomic E-state index is 0.295. The van der Waals surface area contributed by atoms with Crippen molar-refractivity contribution in [1.82, 2.24) is 5.32 Å². The van der Waals surface area contributed by atoms with Crippen LogP contribution in [0.2, 0.25) is 5.02 Å². The first-order valence-corrected chi connectivity index (χ1v) is 7.46. The van der Waals surface area contributed by atoms with Crippen molar-refractivity contribution >= 4 is 11.6 Å². The number of hydrogen-bond donors (Lipinski definition) is 1. The molecule has 0 aliphatic rings. The maximum atomic E-state index is 6.41. The van der Waals surface area contributed by atoms with Crippen molar-refractivity contribution in [3.8, 4) is 0 Å². The minimum atomic E-state index is 0.295. The Hall–Kier alpha value is -0.570. The van der Waals surface area contributed by atoms with Gasteiger partial charge in [-0.3, -0.25) is 0 Å². The van der Waals surface area contributed by atoms with Gasteiger partial charge in [-0.2, -0.15) is 0 Å². The van der Waals surface area contributed by atoms with Gasteiger partial charge >= 0.3 is 0 Å². The van der Waals surface area contributed by atoms with Crippen LogP contribution in [0, 0.1) is 12.8 Å². The molecule has 19 heavy (non-hydrogen) atoms. The number of hydrogen-bond acceptors (Lipinski definition) is 2. The van der Waals surface area contributed by atoms with Gasteiger partial charge in [-0.05, 0) is 49.4 Å². The third kappa shape index (κ3) is 5.13. The summed E-state index contributed by atoms with van der Waals surface area (Å²) < 4.78 is 5.19. The van der Waals surface area contributed by atoms with Crippen LogP contribution >= 0.6 is 11.6 Å². The topological polar surface area (TPSA) is 21.3 Å². The van der Waals surface area contributed by atoms with Gasteiger partial charge in [0.1, 0.15) is 0 Å². The Labute approximate surface area is 122 Å². The fourth-order valence-electron chi connectivity index (χ4n) is 2.27. The van der Waals surface area contributed by atoms with E-state index < -0.39 is 0 Å². The fraction of sp³-hybridized carbons (Fsp3) is 0.625. The molecule has 0 bridgehead atoms. The molecule has 0 fully saturated rings. The van der Waals surface area contributed by atoms with Gasteiger partial charge in [-0.15, -0.1) is 0 Å². The lowest BCUT2D eigenvalue weighted by Gasteiger charge is -2.26. The van der Waals surface area contributed by atoms with Crippen LogP contribution in [0.1, 0.15) is 43.9 Å². The van der Waals surface area contributed by atoms with Gasteiger partial charge in [-0.1, -0.05) is 37.6 Å². The first-order valence-electron chi connectivity index (χ1n) is 7.08. The van der Waals surface area contributed by atoms with Crippen molar-refractivity contribution in [3.05, 3.63) is 34.3 Å². The van der Waals surface area contributed by atoms with Crippen LogP contribution in [0.4, 0.5) is 0 Å².